The molecular weight excluding hydrogens is 432 g/mol. The average molecular weight is 459 g/mol. The summed E-state index contributed by atoms with van der Waals surface area (Å²) >= 11 is 6.09. The first-order valence-electron chi connectivity index (χ1n) is 11.2. The Morgan fingerprint density at radius 3 is 2.24 bits per heavy atom. The summed E-state index contributed by atoms with van der Waals surface area (Å²) in [5.74, 6) is 0.923. The second-order valence-corrected chi connectivity index (χ2v) is 8.86. The molecule has 0 spiro atoms. The second-order valence-electron chi connectivity index (χ2n) is 8.42. The van der Waals surface area contributed by atoms with Crippen molar-refractivity contribution in [2.45, 2.75) is 19.9 Å². The van der Waals surface area contributed by atoms with Crippen molar-refractivity contribution in [3.63, 3.8) is 0 Å². The maximum Gasteiger partial charge on any atom is 0.155 e. The number of aromatic nitrogens is 4. The molecule has 0 saturated carbocycles. The largest absolute Gasteiger partial charge is 0.352 e. The lowest BCUT2D eigenvalue weighted by Crippen LogP contribution is -2.48. The maximum atomic E-state index is 6.09. The molecular formula is C26H27ClN6. The highest BCUT2D eigenvalue weighted by molar-refractivity contribution is 6.30. The van der Waals surface area contributed by atoms with Gasteiger partial charge in [0, 0.05) is 60.4 Å². The van der Waals surface area contributed by atoms with E-state index in [1.54, 1.807) is 12.4 Å². The van der Waals surface area contributed by atoms with Crippen molar-refractivity contribution >= 4 is 17.4 Å². The summed E-state index contributed by atoms with van der Waals surface area (Å²) in [4.78, 5) is 14.2. The lowest BCUT2D eigenvalue weighted by Gasteiger charge is -2.40. The van der Waals surface area contributed by atoms with Gasteiger partial charge in [0.1, 0.15) is 5.69 Å². The number of hydrogen-bond donors (Lipinski definition) is 1. The minimum atomic E-state index is 0.171. The van der Waals surface area contributed by atoms with Crippen LogP contribution >= 0.6 is 11.6 Å². The lowest BCUT2D eigenvalue weighted by atomic mass is 9.95. The molecule has 5 rings (SSSR count). The van der Waals surface area contributed by atoms with Crippen LogP contribution in [-0.2, 0) is 0 Å². The van der Waals surface area contributed by atoms with Gasteiger partial charge < -0.3 is 4.90 Å². The highest BCUT2D eigenvalue weighted by Crippen LogP contribution is 2.34. The second kappa shape index (κ2) is 9.33. The predicted molar refractivity (Wildman–Crippen MR) is 133 cm³/mol. The first-order chi connectivity index (χ1) is 16.1. The topological polar surface area (TPSA) is 60.9 Å². The van der Waals surface area contributed by atoms with Crippen LogP contribution in [0.15, 0.2) is 67.0 Å². The molecule has 1 N–H and O–H groups in total. The van der Waals surface area contributed by atoms with Gasteiger partial charge in [-0.25, -0.2) is 4.98 Å². The van der Waals surface area contributed by atoms with Crippen LogP contribution in [0.1, 0.15) is 28.6 Å². The summed E-state index contributed by atoms with van der Waals surface area (Å²) in [6, 6.07) is 18.7. The normalized spacial score (nSPS) is 15.5. The molecule has 33 heavy (non-hydrogen) atoms. The number of anilines is 1. The SMILES string of the molecule is Cc1n[nH]c(C)c1C(c1ccccc1)N1CCN(c2nccnc2-c2ccc(Cl)cc2)CC1. The molecule has 1 aliphatic rings. The van der Waals surface area contributed by atoms with E-state index in [4.69, 9.17) is 16.6 Å². The Bertz CT molecular complexity index is 1190. The molecule has 1 aliphatic heterocycles. The van der Waals surface area contributed by atoms with E-state index >= 15 is 0 Å². The third-order valence-electron chi connectivity index (χ3n) is 6.35. The number of benzene rings is 2. The molecule has 3 heterocycles. The number of aromatic amines is 1. The van der Waals surface area contributed by atoms with Crippen LogP contribution in [0, 0.1) is 13.8 Å². The zero-order valence-corrected chi connectivity index (χ0v) is 19.6. The number of rotatable bonds is 5. The van der Waals surface area contributed by atoms with E-state index in [1.807, 2.05) is 24.3 Å². The molecule has 1 unspecified atom stereocenters. The molecule has 4 aromatic rings. The molecule has 2 aromatic heterocycles. The van der Waals surface area contributed by atoms with Gasteiger partial charge in [0.25, 0.3) is 0 Å². The molecule has 0 amide bonds. The van der Waals surface area contributed by atoms with Gasteiger partial charge in [0.2, 0.25) is 0 Å². The van der Waals surface area contributed by atoms with Crippen molar-refractivity contribution in [3.05, 3.63) is 94.5 Å². The van der Waals surface area contributed by atoms with Crippen molar-refractivity contribution in [1.29, 1.82) is 0 Å². The first-order valence-corrected chi connectivity index (χ1v) is 11.6. The molecule has 168 valence electrons. The summed E-state index contributed by atoms with van der Waals surface area (Å²) in [6.45, 7) is 7.78. The van der Waals surface area contributed by atoms with Crippen molar-refractivity contribution in [1.82, 2.24) is 25.1 Å². The zero-order valence-electron chi connectivity index (χ0n) is 18.9. The number of aryl methyl sites for hydroxylation is 2. The Hall–Kier alpha value is -3.22. The molecule has 1 saturated heterocycles. The molecule has 6 nitrogen and oxygen atoms in total. The standard InChI is InChI=1S/C26H27ClN6/c1-18-23(19(2)31-30-18)25(21-6-4-3-5-7-21)32-14-16-33(17-15-32)26-24(28-12-13-29-26)20-8-10-22(27)11-9-20/h3-13,25H,14-17H2,1-2H3,(H,30,31). The van der Waals surface area contributed by atoms with Crippen molar-refractivity contribution in [2.75, 3.05) is 31.1 Å². The number of H-pyrrole nitrogens is 1. The quantitative estimate of drug-likeness (QED) is 0.453. The third-order valence-corrected chi connectivity index (χ3v) is 6.60. The van der Waals surface area contributed by atoms with Crippen LogP contribution in [0.25, 0.3) is 11.3 Å². The first kappa shape index (κ1) is 21.6. The number of nitrogens with one attached hydrogen (secondary N) is 1. The smallest absolute Gasteiger partial charge is 0.155 e. The van der Waals surface area contributed by atoms with Crippen LogP contribution in [-0.4, -0.2) is 51.2 Å². The summed E-state index contributed by atoms with van der Waals surface area (Å²) in [6.07, 6.45) is 3.52. The summed E-state index contributed by atoms with van der Waals surface area (Å²) in [7, 11) is 0. The van der Waals surface area contributed by atoms with Crippen LogP contribution in [0.3, 0.4) is 0 Å². The lowest BCUT2D eigenvalue weighted by molar-refractivity contribution is 0.211. The molecule has 0 bridgehead atoms. The monoisotopic (exact) mass is 458 g/mol. The third kappa shape index (κ3) is 4.36. The Kier molecular flexibility index (Phi) is 6.11. The van der Waals surface area contributed by atoms with Crippen LogP contribution in [0.2, 0.25) is 5.02 Å². The fourth-order valence-corrected chi connectivity index (χ4v) is 4.85. The Morgan fingerprint density at radius 2 is 1.58 bits per heavy atom. The summed E-state index contributed by atoms with van der Waals surface area (Å²) in [5.41, 5.74) is 6.67. The Balaban J connectivity index is 1.41. The van der Waals surface area contributed by atoms with E-state index in [0.717, 1.165) is 59.7 Å². The fraction of sp³-hybridized carbons (Fsp3) is 0.269. The van der Waals surface area contributed by atoms with E-state index in [2.05, 4.69) is 69.2 Å². The summed E-state index contributed by atoms with van der Waals surface area (Å²) < 4.78 is 0. The minimum absolute atomic E-state index is 0.171. The molecule has 0 aliphatic carbocycles. The molecule has 0 radical (unpaired) electrons. The van der Waals surface area contributed by atoms with Gasteiger partial charge in [-0.15, -0.1) is 0 Å². The Morgan fingerprint density at radius 1 is 0.879 bits per heavy atom. The van der Waals surface area contributed by atoms with E-state index in [9.17, 15) is 0 Å². The van der Waals surface area contributed by atoms with Crippen molar-refractivity contribution in [3.8, 4) is 11.3 Å². The van der Waals surface area contributed by atoms with Gasteiger partial charge in [-0.1, -0.05) is 54.1 Å². The number of piperazine rings is 1. The van der Waals surface area contributed by atoms with E-state index in [-0.39, 0.29) is 6.04 Å². The van der Waals surface area contributed by atoms with Crippen LogP contribution in [0.4, 0.5) is 5.82 Å². The van der Waals surface area contributed by atoms with E-state index in [0.29, 0.717) is 0 Å². The molecule has 7 heteroatoms. The highest BCUT2D eigenvalue weighted by atomic mass is 35.5. The van der Waals surface area contributed by atoms with Gasteiger partial charge in [-0.2, -0.15) is 5.10 Å². The minimum Gasteiger partial charge on any atom is -0.352 e. The maximum absolute atomic E-state index is 6.09. The number of nitrogens with zero attached hydrogens (tertiary/aromatic N) is 5. The number of halogens is 1. The molecule has 1 fully saturated rings. The van der Waals surface area contributed by atoms with Gasteiger partial charge in [0.05, 0.1) is 11.7 Å². The predicted octanol–water partition coefficient (Wildman–Crippen LogP) is 5.05. The average Bonchev–Trinajstić information content (AvgIpc) is 3.19. The zero-order chi connectivity index (χ0) is 22.8. The molecule has 1 atom stereocenters. The van der Waals surface area contributed by atoms with Crippen LogP contribution < -0.4 is 4.90 Å². The van der Waals surface area contributed by atoms with E-state index in [1.165, 1.54) is 11.1 Å². The van der Waals surface area contributed by atoms with Gasteiger partial charge in [0.15, 0.2) is 5.82 Å². The van der Waals surface area contributed by atoms with Gasteiger partial charge in [-0.3, -0.25) is 15.0 Å². The summed E-state index contributed by atoms with van der Waals surface area (Å²) in [5, 5.41) is 8.37. The Labute approximate surface area is 199 Å². The fourth-order valence-electron chi connectivity index (χ4n) is 4.72. The van der Waals surface area contributed by atoms with E-state index < -0.39 is 0 Å². The van der Waals surface area contributed by atoms with Crippen LogP contribution in [0.5, 0.6) is 0 Å². The van der Waals surface area contributed by atoms with Crippen molar-refractivity contribution in [2.24, 2.45) is 0 Å². The van der Waals surface area contributed by atoms with Gasteiger partial charge >= 0.3 is 0 Å². The van der Waals surface area contributed by atoms with Gasteiger partial charge in [-0.05, 0) is 31.5 Å². The highest BCUT2D eigenvalue weighted by Gasteiger charge is 2.30. The molecule has 2 aromatic carbocycles. The number of hydrogen-bond acceptors (Lipinski definition) is 5. The van der Waals surface area contributed by atoms with Crippen molar-refractivity contribution < 1.29 is 0 Å².